The summed E-state index contributed by atoms with van der Waals surface area (Å²) in [5.74, 6) is -0.407. The van der Waals surface area contributed by atoms with Gasteiger partial charge in [-0.05, 0) is 17.7 Å². The number of hydrogen-bond acceptors (Lipinski definition) is 4. The first-order chi connectivity index (χ1) is 8.68. The van der Waals surface area contributed by atoms with E-state index in [0.29, 0.717) is 5.56 Å². The summed E-state index contributed by atoms with van der Waals surface area (Å²) in [5.41, 5.74) is 6.51. The second kappa shape index (κ2) is 5.29. The van der Waals surface area contributed by atoms with Gasteiger partial charge < -0.3 is 16.2 Å². The third-order valence-corrected chi connectivity index (χ3v) is 2.47. The van der Waals surface area contributed by atoms with Gasteiger partial charge in [0.15, 0.2) is 11.6 Å². The second-order valence-corrected chi connectivity index (χ2v) is 3.75. The van der Waals surface area contributed by atoms with Gasteiger partial charge in [-0.2, -0.15) is 0 Å². The lowest BCUT2D eigenvalue weighted by atomic mass is 10.1. The number of anilines is 1. The minimum atomic E-state index is -0.799. The highest BCUT2D eigenvalue weighted by molar-refractivity contribution is 5.95. The predicted molar refractivity (Wildman–Crippen MR) is 67.9 cm³/mol. The Balaban J connectivity index is 2.12. The van der Waals surface area contributed by atoms with Crippen LogP contribution in [0.1, 0.15) is 11.6 Å². The molecular weight excluding hydrogens is 230 g/mol. The highest BCUT2D eigenvalue weighted by atomic mass is 16.3. The van der Waals surface area contributed by atoms with E-state index in [2.05, 4.69) is 10.3 Å². The molecule has 0 bridgehead atoms. The van der Waals surface area contributed by atoms with Gasteiger partial charge >= 0.3 is 0 Å². The van der Waals surface area contributed by atoms with Crippen molar-refractivity contribution in [1.29, 1.82) is 0 Å². The molecule has 2 rings (SSSR count). The molecule has 0 saturated heterocycles. The Morgan fingerprint density at radius 3 is 2.61 bits per heavy atom. The summed E-state index contributed by atoms with van der Waals surface area (Å²) in [5, 5.41) is 12.0. The van der Waals surface area contributed by atoms with Gasteiger partial charge in [-0.15, -0.1) is 0 Å². The van der Waals surface area contributed by atoms with Gasteiger partial charge in [0.25, 0.3) is 0 Å². The maximum absolute atomic E-state index is 11.9. The number of nitrogens with one attached hydrogen (secondary N) is 1. The first-order valence-electron chi connectivity index (χ1n) is 5.44. The predicted octanol–water partition coefficient (Wildman–Crippen LogP) is 1.43. The Labute approximate surface area is 104 Å². The van der Waals surface area contributed by atoms with Crippen molar-refractivity contribution >= 4 is 11.7 Å². The van der Waals surface area contributed by atoms with Crippen LogP contribution in [0.15, 0.2) is 48.7 Å². The number of nitrogens with two attached hydrogens (primary N) is 1. The van der Waals surface area contributed by atoms with Crippen LogP contribution in [0.2, 0.25) is 0 Å². The normalized spacial score (nSPS) is 11.8. The summed E-state index contributed by atoms with van der Waals surface area (Å²) < 4.78 is 0. The molecule has 5 nitrogen and oxygen atoms in total. The molecule has 2 aromatic rings. The summed E-state index contributed by atoms with van der Waals surface area (Å²) in [6, 6.07) is 11.2. The molecule has 0 unspecified atom stereocenters. The molecule has 5 heteroatoms. The minimum Gasteiger partial charge on any atom is -0.504 e. The van der Waals surface area contributed by atoms with Crippen LogP contribution in [0.25, 0.3) is 0 Å². The second-order valence-electron chi connectivity index (χ2n) is 3.75. The molecule has 1 heterocycles. The van der Waals surface area contributed by atoms with E-state index < -0.39 is 11.9 Å². The number of pyridine rings is 1. The zero-order valence-corrected chi connectivity index (χ0v) is 9.58. The Kier molecular flexibility index (Phi) is 3.54. The van der Waals surface area contributed by atoms with Crippen LogP contribution in [0.5, 0.6) is 5.75 Å². The van der Waals surface area contributed by atoms with Crippen molar-refractivity contribution in [2.45, 2.75) is 6.04 Å². The maximum atomic E-state index is 11.9. The molecule has 0 saturated carbocycles. The quantitative estimate of drug-likeness (QED) is 0.760. The number of aromatic nitrogens is 1. The highest BCUT2D eigenvalue weighted by Gasteiger charge is 2.17. The van der Waals surface area contributed by atoms with Crippen molar-refractivity contribution < 1.29 is 9.90 Å². The zero-order valence-electron chi connectivity index (χ0n) is 9.58. The van der Waals surface area contributed by atoms with Gasteiger partial charge in [-0.3, -0.25) is 4.79 Å². The van der Waals surface area contributed by atoms with Crippen LogP contribution >= 0.6 is 0 Å². The maximum Gasteiger partial charge on any atom is 0.247 e. The van der Waals surface area contributed by atoms with Gasteiger partial charge in [-0.1, -0.05) is 30.3 Å². The van der Waals surface area contributed by atoms with Crippen molar-refractivity contribution in [3.63, 3.8) is 0 Å². The number of nitrogens with zero attached hydrogens (tertiary/aromatic N) is 1. The number of hydrogen-bond donors (Lipinski definition) is 3. The summed E-state index contributed by atoms with van der Waals surface area (Å²) in [4.78, 5) is 15.7. The molecule has 1 aromatic carbocycles. The number of carbonyl (C=O) groups is 1. The Bertz CT molecular complexity index is 543. The van der Waals surface area contributed by atoms with Crippen LogP contribution < -0.4 is 11.1 Å². The van der Waals surface area contributed by atoms with Crippen molar-refractivity contribution in [3.05, 3.63) is 54.2 Å². The summed E-state index contributed by atoms with van der Waals surface area (Å²) >= 11 is 0. The number of carbonyl (C=O) groups excluding carboxylic acids is 1. The van der Waals surface area contributed by atoms with Gasteiger partial charge in [0.1, 0.15) is 6.04 Å². The SMILES string of the molecule is N[C@H](C(=O)Nc1ncccc1O)c1ccccc1. The first-order valence-corrected chi connectivity index (χ1v) is 5.44. The van der Waals surface area contributed by atoms with E-state index in [0.717, 1.165) is 0 Å². The van der Waals surface area contributed by atoms with Gasteiger partial charge in [0.05, 0.1) is 0 Å². The molecular formula is C13H13N3O2. The van der Waals surface area contributed by atoms with E-state index in [1.807, 2.05) is 6.07 Å². The fourth-order valence-electron chi connectivity index (χ4n) is 1.50. The largest absolute Gasteiger partial charge is 0.504 e. The number of aromatic hydroxyl groups is 1. The lowest BCUT2D eigenvalue weighted by Crippen LogP contribution is -2.28. The monoisotopic (exact) mass is 243 g/mol. The summed E-state index contributed by atoms with van der Waals surface area (Å²) in [7, 11) is 0. The summed E-state index contributed by atoms with van der Waals surface area (Å²) in [6.45, 7) is 0. The lowest BCUT2D eigenvalue weighted by Gasteiger charge is -2.12. The average Bonchev–Trinajstić information content (AvgIpc) is 2.41. The standard InChI is InChI=1S/C13H13N3O2/c14-11(9-5-2-1-3-6-9)13(18)16-12-10(17)7-4-8-15-12/h1-8,11,17H,14H2,(H,15,16,18)/t11-/m0/s1. The van der Waals surface area contributed by atoms with Crippen molar-refractivity contribution in [2.75, 3.05) is 5.32 Å². The molecule has 0 aliphatic heterocycles. The van der Waals surface area contributed by atoms with Crippen LogP contribution in [-0.2, 0) is 4.79 Å². The molecule has 0 radical (unpaired) electrons. The molecule has 18 heavy (non-hydrogen) atoms. The van der Waals surface area contributed by atoms with Crippen LogP contribution in [0.4, 0.5) is 5.82 Å². The molecule has 0 fully saturated rings. The summed E-state index contributed by atoms with van der Waals surface area (Å²) in [6.07, 6.45) is 1.48. The van der Waals surface area contributed by atoms with Crippen molar-refractivity contribution in [1.82, 2.24) is 4.98 Å². The number of benzene rings is 1. The van der Waals surface area contributed by atoms with E-state index in [9.17, 15) is 9.90 Å². The lowest BCUT2D eigenvalue weighted by molar-refractivity contribution is -0.117. The minimum absolute atomic E-state index is 0.0916. The third-order valence-electron chi connectivity index (χ3n) is 2.47. The van der Waals surface area contributed by atoms with E-state index in [-0.39, 0.29) is 11.6 Å². The number of rotatable bonds is 3. The van der Waals surface area contributed by atoms with Gasteiger partial charge in [0.2, 0.25) is 5.91 Å². The van der Waals surface area contributed by atoms with E-state index >= 15 is 0 Å². The fourth-order valence-corrected chi connectivity index (χ4v) is 1.50. The Morgan fingerprint density at radius 1 is 1.22 bits per heavy atom. The molecule has 4 N–H and O–H groups in total. The smallest absolute Gasteiger partial charge is 0.247 e. The van der Waals surface area contributed by atoms with Crippen molar-refractivity contribution in [3.8, 4) is 5.75 Å². The fraction of sp³-hybridized carbons (Fsp3) is 0.0769. The highest BCUT2D eigenvalue weighted by Crippen LogP contribution is 2.20. The third kappa shape index (κ3) is 2.64. The van der Waals surface area contributed by atoms with Gasteiger partial charge in [0, 0.05) is 6.20 Å². The van der Waals surface area contributed by atoms with Crippen LogP contribution in [-0.4, -0.2) is 16.0 Å². The molecule has 1 aromatic heterocycles. The topological polar surface area (TPSA) is 88.2 Å². The molecule has 0 aliphatic carbocycles. The van der Waals surface area contributed by atoms with Gasteiger partial charge in [-0.25, -0.2) is 4.98 Å². The van der Waals surface area contributed by atoms with E-state index in [4.69, 9.17) is 5.73 Å². The Morgan fingerprint density at radius 2 is 1.94 bits per heavy atom. The molecule has 1 amide bonds. The van der Waals surface area contributed by atoms with E-state index in [1.165, 1.54) is 12.3 Å². The molecule has 1 atom stereocenters. The molecule has 0 spiro atoms. The molecule has 0 aliphatic rings. The van der Waals surface area contributed by atoms with Crippen LogP contribution in [0, 0.1) is 0 Å². The van der Waals surface area contributed by atoms with Crippen LogP contribution in [0.3, 0.4) is 0 Å². The first kappa shape index (κ1) is 12.1. The molecule has 92 valence electrons. The van der Waals surface area contributed by atoms with Crippen molar-refractivity contribution in [2.24, 2.45) is 5.73 Å². The zero-order chi connectivity index (χ0) is 13.0. The van der Waals surface area contributed by atoms with E-state index in [1.54, 1.807) is 30.3 Å². The number of amides is 1. The Hall–Kier alpha value is -2.40. The average molecular weight is 243 g/mol.